The molecule has 3 aromatic carbocycles. The predicted molar refractivity (Wildman–Crippen MR) is 137 cm³/mol. The molecule has 5 aromatic rings. The van der Waals surface area contributed by atoms with Gasteiger partial charge in [0, 0.05) is 16.8 Å². The molecule has 0 aliphatic rings. The first-order chi connectivity index (χ1) is 16.0. The van der Waals surface area contributed by atoms with E-state index in [0.717, 1.165) is 37.1 Å². The highest BCUT2D eigenvalue weighted by atomic mass is 35.5. The van der Waals surface area contributed by atoms with Gasteiger partial charge in [0.25, 0.3) is 0 Å². The monoisotopic (exact) mass is 509 g/mol. The first-order valence-electron chi connectivity index (χ1n) is 10.0. The summed E-state index contributed by atoms with van der Waals surface area (Å²) in [5.41, 5.74) is 2.75. The van der Waals surface area contributed by atoms with Crippen LogP contribution in [0.25, 0.3) is 22.3 Å². The molecule has 0 atom stereocenters. The average Bonchev–Trinajstić information content (AvgIpc) is 3.14. The molecule has 0 bridgehead atoms. The first kappa shape index (κ1) is 22.2. The van der Waals surface area contributed by atoms with Crippen LogP contribution in [0, 0.1) is 0 Å². The molecule has 8 heteroatoms. The van der Waals surface area contributed by atoms with Gasteiger partial charge in [-0.15, -0.1) is 0 Å². The molecule has 0 radical (unpaired) electrons. The Morgan fingerprint density at radius 1 is 0.788 bits per heavy atom. The van der Waals surface area contributed by atoms with Gasteiger partial charge in [0.15, 0.2) is 5.16 Å². The fraction of sp³-hybridized carbons (Fsp3) is 0.0400. The number of hydrogen-bond donors (Lipinski definition) is 1. The maximum absolute atomic E-state index is 9.69. The van der Waals surface area contributed by atoms with Gasteiger partial charge in [-0.3, -0.25) is 0 Å². The Labute approximate surface area is 209 Å². The quantitative estimate of drug-likeness (QED) is 0.192. The molecule has 0 unspecified atom stereocenters. The van der Waals surface area contributed by atoms with Crippen molar-refractivity contribution in [1.29, 1.82) is 0 Å². The van der Waals surface area contributed by atoms with Crippen LogP contribution in [0.1, 0.15) is 0 Å². The third kappa shape index (κ3) is 4.57. The lowest BCUT2D eigenvalue weighted by atomic mass is 10.1. The van der Waals surface area contributed by atoms with E-state index in [4.69, 9.17) is 33.2 Å². The number of phenolic OH excluding ortho intramolecular Hbond substituents is 1. The zero-order valence-corrected chi connectivity index (χ0v) is 20.5. The number of rotatable bonds is 5. The van der Waals surface area contributed by atoms with Crippen LogP contribution in [0.15, 0.2) is 98.8 Å². The van der Waals surface area contributed by atoms with Crippen molar-refractivity contribution in [2.24, 2.45) is 7.05 Å². The summed E-state index contributed by atoms with van der Waals surface area (Å²) < 4.78 is 2.04. The van der Waals surface area contributed by atoms with Gasteiger partial charge in [-0.1, -0.05) is 59.2 Å². The van der Waals surface area contributed by atoms with E-state index < -0.39 is 0 Å². The highest BCUT2D eigenvalue weighted by molar-refractivity contribution is 8.00. The van der Waals surface area contributed by atoms with Gasteiger partial charge in [-0.2, -0.15) is 0 Å². The molecule has 0 fully saturated rings. The van der Waals surface area contributed by atoms with E-state index >= 15 is 0 Å². The van der Waals surface area contributed by atoms with E-state index in [-0.39, 0.29) is 5.75 Å². The lowest BCUT2D eigenvalue weighted by Crippen LogP contribution is -1.97. The second-order valence-corrected chi connectivity index (χ2v) is 10.1. The molecule has 164 valence electrons. The van der Waals surface area contributed by atoms with Gasteiger partial charge >= 0.3 is 0 Å². The van der Waals surface area contributed by atoms with Crippen molar-refractivity contribution >= 4 is 57.8 Å². The Morgan fingerprint density at radius 3 is 2.03 bits per heavy atom. The minimum atomic E-state index is 0.227. The molecule has 0 aliphatic heterocycles. The number of phenols is 1. The topological polar surface area (TPSA) is 50.9 Å². The van der Waals surface area contributed by atoms with Crippen LogP contribution in [0.5, 0.6) is 5.75 Å². The van der Waals surface area contributed by atoms with E-state index in [0.29, 0.717) is 15.2 Å². The number of aromatic nitrogens is 3. The number of aryl methyl sites for hydroxylation is 1. The third-order valence-corrected chi connectivity index (χ3v) is 7.98. The van der Waals surface area contributed by atoms with Crippen LogP contribution < -0.4 is 0 Å². The van der Waals surface area contributed by atoms with Crippen molar-refractivity contribution in [3.8, 4) is 17.0 Å². The molecule has 0 spiro atoms. The van der Waals surface area contributed by atoms with E-state index in [1.807, 2.05) is 72.3 Å². The van der Waals surface area contributed by atoms with Gasteiger partial charge in [0.05, 0.1) is 21.1 Å². The van der Waals surface area contributed by atoms with Gasteiger partial charge in [0.1, 0.15) is 16.4 Å². The molecular formula is C25H17Cl2N3OS2. The summed E-state index contributed by atoms with van der Waals surface area (Å²) in [7, 11) is 1.98. The van der Waals surface area contributed by atoms with E-state index in [2.05, 4.69) is 6.07 Å². The molecule has 2 aromatic heterocycles. The maximum Gasteiger partial charge on any atom is 0.195 e. The summed E-state index contributed by atoms with van der Waals surface area (Å²) in [5, 5.41) is 13.3. The van der Waals surface area contributed by atoms with Crippen molar-refractivity contribution in [2.45, 2.75) is 20.0 Å². The van der Waals surface area contributed by atoms with Crippen LogP contribution in [-0.4, -0.2) is 19.6 Å². The first-order valence-corrected chi connectivity index (χ1v) is 12.4. The standard InChI is InChI=1S/C25H17Cl2N3OS2/c1-30-20(15-10-12-16(31)13-11-15)14-17-23(30)28-25(33-22-9-5-3-7-19(22)27)29-24(17)32-21-8-4-2-6-18(21)26/h2-14,31H,1H3. The second-order valence-electron chi connectivity index (χ2n) is 7.25. The normalized spacial score (nSPS) is 11.2. The van der Waals surface area contributed by atoms with Crippen molar-refractivity contribution in [3.05, 3.63) is 88.9 Å². The third-order valence-electron chi connectivity index (χ3n) is 5.07. The second kappa shape index (κ2) is 9.31. The molecule has 1 N–H and O–H groups in total. The summed E-state index contributed by atoms with van der Waals surface area (Å²) in [6.07, 6.45) is 0. The Morgan fingerprint density at radius 2 is 1.39 bits per heavy atom. The van der Waals surface area contributed by atoms with Crippen LogP contribution in [0.3, 0.4) is 0 Å². The van der Waals surface area contributed by atoms with Crippen molar-refractivity contribution in [1.82, 2.24) is 14.5 Å². The number of hydrogen-bond acceptors (Lipinski definition) is 5. The molecule has 0 saturated carbocycles. The summed E-state index contributed by atoms with van der Waals surface area (Å²) >= 11 is 15.8. The molecular weight excluding hydrogens is 493 g/mol. The predicted octanol–water partition coefficient (Wildman–Crippen LogP) is 7.95. The Balaban J connectivity index is 1.67. The highest BCUT2D eigenvalue weighted by Crippen LogP contribution is 2.40. The number of fused-ring (bicyclic) bond motifs is 1. The van der Waals surface area contributed by atoms with Crippen molar-refractivity contribution in [3.63, 3.8) is 0 Å². The van der Waals surface area contributed by atoms with Crippen LogP contribution >= 0.6 is 46.7 Å². The van der Waals surface area contributed by atoms with E-state index in [9.17, 15) is 5.11 Å². The zero-order chi connectivity index (χ0) is 22.9. The van der Waals surface area contributed by atoms with Crippen LogP contribution in [0.2, 0.25) is 10.0 Å². The minimum absolute atomic E-state index is 0.227. The summed E-state index contributed by atoms with van der Waals surface area (Å²) in [6, 6.07) is 24.6. The van der Waals surface area contributed by atoms with E-state index in [1.54, 1.807) is 12.1 Å². The van der Waals surface area contributed by atoms with Crippen molar-refractivity contribution < 1.29 is 5.11 Å². The van der Waals surface area contributed by atoms with Crippen LogP contribution in [-0.2, 0) is 7.05 Å². The average molecular weight is 510 g/mol. The molecule has 0 aliphatic carbocycles. The van der Waals surface area contributed by atoms with Gasteiger partial charge in [-0.05, 0) is 71.9 Å². The van der Waals surface area contributed by atoms with Crippen molar-refractivity contribution in [2.75, 3.05) is 0 Å². The molecule has 0 amide bonds. The number of halogens is 2. The van der Waals surface area contributed by atoms with Gasteiger partial charge < -0.3 is 9.67 Å². The number of benzene rings is 3. The lowest BCUT2D eigenvalue weighted by Gasteiger charge is -2.09. The lowest BCUT2D eigenvalue weighted by molar-refractivity contribution is 0.475. The van der Waals surface area contributed by atoms with Crippen LogP contribution in [0.4, 0.5) is 0 Å². The molecule has 4 nitrogen and oxygen atoms in total. The minimum Gasteiger partial charge on any atom is -0.508 e. The smallest absolute Gasteiger partial charge is 0.195 e. The van der Waals surface area contributed by atoms with E-state index in [1.165, 1.54) is 23.5 Å². The molecule has 33 heavy (non-hydrogen) atoms. The Hall–Kier alpha value is -2.64. The summed E-state index contributed by atoms with van der Waals surface area (Å²) in [5.74, 6) is 0.227. The number of nitrogens with zero attached hydrogens (tertiary/aromatic N) is 3. The fourth-order valence-corrected chi connectivity index (χ4v) is 5.69. The Bertz CT molecular complexity index is 1470. The molecule has 5 rings (SSSR count). The van der Waals surface area contributed by atoms with Gasteiger partial charge in [0.2, 0.25) is 0 Å². The van der Waals surface area contributed by atoms with Gasteiger partial charge in [-0.25, -0.2) is 9.97 Å². The maximum atomic E-state index is 9.69. The summed E-state index contributed by atoms with van der Waals surface area (Å²) in [6.45, 7) is 0. The largest absolute Gasteiger partial charge is 0.508 e. The molecule has 2 heterocycles. The SMILES string of the molecule is Cn1c(-c2ccc(O)cc2)cc2c(Sc3ccccc3Cl)nc(Sc3ccccc3Cl)nc21. The zero-order valence-electron chi connectivity index (χ0n) is 17.4. The number of aromatic hydroxyl groups is 1. The highest BCUT2D eigenvalue weighted by Gasteiger charge is 2.18. The fourth-order valence-electron chi connectivity index (χ4n) is 3.44. The Kier molecular flexibility index (Phi) is 6.25. The summed E-state index contributed by atoms with van der Waals surface area (Å²) in [4.78, 5) is 11.5. The molecule has 0 saturated heterocycles.